The summed E-state index contributed by atoms with van der Waals surface area (Å²) in [7, 11) is -1.99. The first kappa shape index (κ1) is 26.2. The van der Waals surface area contributed by atoms with E-state index in [2.05, 4.69) is 10.6 Å². The molecule has 2 aromatic carbocycles. The van der Waals surface area contributed by atoms with Crippen molar-refractivity contribution in [3.05, 3.63) is 54.1 Å². The van der Waals surface area contributed by atoms with Crippen LogP contribution in [0.25, 0.3) is 0 Å². The Labute approximate surface area is 205 Å². The first-order chi connectivity index (χ1) is 16.4. The highest BCUT2D eigenvalue weighted by Gasteiger charge is 2.32. The lowest BCUT2D eigenvalue weighted by Crippen LogP contribution is -2.41. The van der Waals surface area contributed by atoms with Gasteiger partial charge in [0.1, 0.15) is 0 Å². The number of carbonyl (C=O) groups is 2. The molecule has 1 saturated heterocycles. The predicted molar refractivity (Wildman–Crippen MR) is 134 cm³/mol. The number of thioether (sulfide) groups is 1. The molecule has 0 aromatic heterocycles. The maximum atomic E-state index is 13.0. The Hall–Kier alpha value is -2.40. The second kappa shape index (κ2) is 12.3. The summed E-state index contributed by atoms with van der Waals surface area (Å²) in [5, 5.41) is 5.69. The first-order valence-corrected chi connectivity index (χ1v) is 13.8. The van der Waals surface area contributed by atoms with Crippen molar-refractivity contribution in [1.29, 1.82) is 0 Å². The molecule has 3 rings (SSSR count). The standard InChI is InChI=1S/C24H31N3O5S2/c1-32-17-5-14-25-24(29)21-6-3-4-7-22(21)26-23(28)18-12-15-27(16-13-18)34(30,31)20-10-8-19(33-2)9-11-20/h3-4,6-11,18H,5,12-17H2,1-2H3,(H,25,29)(H,26,28). The molecule has 0 radical (unpaired) electrons. The van der Waals surface area contributed by atoms with Gasteiger partial charge in [-0.05, 0) is 61.9 Å². The molecule has 2 aromatic rings. The van der Waals surface area contributed by atoms with E-state index in [9.17, 15) is 18.0 Å². The summed E-state index contributed by atoms with van der Waals surface area (Å²) in [5.74, 6) is -0.801. The number of benzene rings is 2. The summed E-state index contributed by atoms with van der Waals surface area (Å²) >= 11 is 1.55. The maximum absolute atomic E-state index is 13.0. The van der Waals surface area contributed by atoms with Crippen molar-refractivity contribution >= 4 is 39.3 Å². The van der Waals surface area contributed by atoms with E-state index in [1.807, 2.05) is 6.26 Å². The van der Waals surface area contributed by atoms with Crippen LogP contribution < -0.4 is 10.6 Å². The highest BCUT2D eigenvalue weighted by Crippen LogP contribution is 2.26. The Morgan fingerprint density at radius 3 is 2.41 bits per heavy atom. The zero-order valence-electron chi connectivity index (χ0n) is 19.5. The lowest BCUT2D eigenvalue weighted by atomic mass is 9.97. The van der Waals surface area contributed by atoms with Crippen LogP contribution in [0.4, 0.5) is 5.69 Å². The van der Waals surface area contributed by atoms with E-state index in [4.69, 9.17) is 4.74 Å². The summed E-state index contributed by atoms with van der Waals surface area (Å²) in [4.78, 5) is 26.7. The van der Waals surface area contributed by atoms with Gasteiger partial charge >= 0.3 is 0 Å². The number of nitrogens with zero attached hydrogens (tertiary/aromatic N) is 1. The molecule has 0 atom stereocenters. The monoisotopic (exact) mass is 505 g/mol. The molecule has 1 aliphatic heterocycles. The van der Waals surface area contributed by atoms with Crippen molar-refractivity contribution in [3.63, 3.8) is 0 Å². The molecule has 1 fully saturated rings. The summed E-state index contributed by atoms with van der Waals surface area (Å²) in [5.41, 5.74) is 0.836. The van der Waals surface area contributed by atoms with E-state index in [-0.39, 0.29) is 35.7 Å². The van der Waals surface area contributed by atoms with Gasteiger partial charge in [-0.25, -0.2) is 8.42 Å². The van der Waals surface area contributed by atoms with E-state index in [0.717, 1.165) is 4.90 Å². The summed E-state index contributed by atoms with van der Waals surface area (Å²) < 4.78 is 32.4. The first-order valence-electron chi connectivity index (χ1n) is 11.2. The minimum atomic E-state index is -3.60. The number of ether oxygens (including phenoxy) is 1. The van der Waals surface area contributed by atoms with Gasteiger partial charge in [0.05, 0.1) is 16.1 Å². The maximum Gasteiger partial charge on any atom is 0.253 e. The highest BCUT2D eigenvalue weighted by atomic mass is 32.2. The minimum Gasteiger partial charge on any atom is -0.385 e. The number of rotatable bonds is 10. The molecule has 184 valence electrons. The summed E-state index contributed by atoms with van der Waals surface area (Å²) in [6, 6.07) is 13.7. The Bertz CT molecular complexity index is 1080. The van der Waals surface area contributed by atoms with Gasteiger partial charge in [0.25, 0.3) is 5.91 Å². The van der Waals surface area contributed by atoms with Gasteiger partial charge in [-0.1, -0.05) is 12.1 Å². The van der Waals surface area contributed by atoms with Crippen LogP contribution in [0, 0.1) is 5.92 Å². The fourth-order valence-corrected chi connectivity index (χ4v) is 5.67. The van der Waals surface area contributed by atoms with Gasteiger partial charge in [-0.3, -0.25) is 9.59 Å². The summed E-state index contributed by atoms with van der Waals surface area (Å²) in [6.45, 7) is 1.57. The molecule has 34 heavy (non-hydrogen) atoms. The van der Waals surface area contributed by atoms with Gasteiger partial charge in [0.2, 0.25) is 15.9 Å². The Kier molecular flexibility index (Phi) is 9.52. The second-order valence-corrected chi connectivity index (χ2v) is 10.8. The summed E-state index contributed by atoms with van der Waals surface area (Å²) in [6.07, 6.45) is 3.46. The van der Waals surface area contributed by atoms with Crippen molar-refractivity contribution in [1.82, 2.24) is 9.62 Å². The van der Waals surface area contributed by atoms with Gasteiger partial charge in [-0.15, -0.1) is 11.8 Å². The Morgan fingerprint density at radius 1 is 1.09 bits per heavy atom. The predicted octanol–water partition coefficient (Wildman–Crippen LogP) is 3.21. The van der Waals surface area contributed by atoms with Crippen LogP contribution in [0.1, 0.15) is 29.6 Å². The Balaban J connectivity index is 1.58. The largest absolute Gasteiger partial charge is 0.385 e. The smallest absolute Gasteiger partial charge is 0.253 e. The van der Waals surface area contributed by atoms with Crippen LogP contribution in [-0.2, 0) is 19.6 Å². The Morgan fingerprint density at radius 2 is 1.76 bits per heavy atom. The third-order valence-electron chi connectivity index (χ3n) is 5.76. The van der Waals surface area contributed by atoms with E-state index >= 15 is 0 Å². The lowest BCUT2D eigenvalue weighted by molar-refractivity contribution is -0.120. The van der Waals surface area contributed by atoms with Crippen molar-refractivity contribution in [3.8, 4) is 0 Å². The number of para-hydroxylation sites is 1. The molecule has 0 spiro atoms. The van der Waals surface area contributed by atoms with Crippen LogP contribution in [0.2, 0.25) is 0 Å². The normalized spacial score (nSPS) is 15.1. The van der Waals surface area contributed by atoms with Crippen molar-refractivity contribution in [2.45, 2.75) is 29.1 Å². The number of carbonyl (C=O) groups excluding carboxylic acids is 2. The van der Waals surface area contributed by atoms with Crippen LogP contribution in [0.5, 0.6) is 0 Å². The minimum absolute atomic E-state index is 0.207. The SMILES string of the molecule is COCCCNC(=O)c1ccccc1NC(=O)C1CCN(S(=O)(=O)c2ccc(SC)cc2)CC1. The average molecular weight is 506 g/mol. The van der Waals surface area contributed by atoms with Gasteiger partial charge in [0, 0.05) is 44.2 Å². The topological polar surface area (TPSA) is 105 Å². The highest BCUT2D eigenvalue weighted by molar-refractivity contribution is 7.98. The van der Waals surface area contributed by atoms with E-state index in [1.165, 1.54) is 4.31 Å². The number of hydrogen-bond acceptors (Lipinski definition) is 6. The molecule has 2 amide bonds. The molecule has 2 N–H and O–H groups in total. The van der Waals surface area contributed by atoms with Gasteiger partial charge in [-0.2, -0.15) is 4.31 Å². The number of nitrogens with one attached hydrogen (secondary N) is 2. The van der Waals surface area contributed by atoms with Gasteiger partial charge < -0.3 is 15.4 Å². The molecular weight excluding hydrogens is 474 g/mol. The number of sulfonamides is 1. The van der Waals surface area contributed by atoms with Crippen molar-refractivity contribution < 1.29 is 22.7 Å². The van der Waals surface area contributed by atoms with Crippen molar-refractivity contribution in [2.75, 3.05) is 44.9 Å². The van der Waals surface area contributed by atoms with Crippen LogP contribution in [-0.4, -0.2) is 64.1 Å². The quantitative estimate of drug-likeness (QED) is 0.380. The number of anilines is 1. The number of amides is 2. The van der Waals surface area contributed by atoms with E-state index < -0.39 is 10.0 Å². The zero-order chi connectivity index (χ0) is 24.6. The number of hydrogen-bond donors (Lipinski definition) is 2. The molecule has 1 heterocycles. The van der Waals surface area contributed by atoms with E-state index in [0.29, 0.717) is 43.7 Å². The molecule has 0 aliphatic carbocycles. The van der Waals surface area contributed by atoms with E-state index in [1.54, 1.807) is 67.4 Å². The fourth-order valence-electron chi connectivity index (χ4n) is 3.79. The number of methoxy groups -OCH3 is 1. The van der Waals surface area contributed by atoms with Crippen LogP contribution >= 0.6 is 11.8 Å². The fraction of sp³-hybridized carbons (Fsp3) is 0.417. The third-order valence-corrected chi connectivity index (χ3v) is 8.42. The third kappa shape index (κ3) is 6.59. The molecule has 0 saturated carbocycles. The van der Waals surface area contributed by atoms with Crippen LogP contribution in [0.15, 0.2) is 58.3 Å². The zero-order valence-corrected chi connectivity index (χ0v) is 21.1. The number of piperidine rings is 1. The molecule has 8 nitrogen and oxygen atoms in total. The second-order valence-electron chi connectivity index (χ2n) is 7.99. The molecule has 1 aliphatic rings. The average Bonchev–Trinajstić information content (AvgIpc) is 2.87. The van der Waals surface area contributed by atoms with Crippen LogP contribution in [0.3, 0.4) is 0 Å². The molecular formula is C24H31N3O5S2. The van der Waals surface area contributed by atoms with Crippen molar-refractivity contribution in [2.24, 2.45) is 5.92 Å². The molecule has 10 heteroatoms. The molecule has 0 unspecified atom stereocenters. The van der Waals surface area contributed by atoms with Gasteiger partial charge in [0.15, 0.2) is 0 Å². The lowest BCUT2D eigenvalue weighted by Gasteiger charge is -2.30. The molecule has 0 bridgehead atoms.